The fourth-order valence-electron chi connectivity index (χ4n) is 1.98. The van der Waals surface area contributed by atoms with Gasteiger partial charge in [-0.2, -0.15) is 11.3 Å². The SMILES string of the molecule is O=C(CCNC(=O)c1ccsc1)NCCNS(=O)(=O)c1cccc(Cl)c1. The van der Waals surface area contributed by atoms with Gasteiger partial charge in [0.2, 0.25) is 15.9 Å². The standard InChI is InChI=1S/C16H18ClN3O4S2/c17-13-2-1-3-14(10-13)26(23,24)20-8-7-18-15(21)4-6-19-16(22)12-5-9-25-11-12/h1-3,5,9-11,20H,4,6-8H2,(H,18,21)(H,19,22). The molecule has 0 aliphatic heterocycles. The summed E-state index contributed by atoms with van der Waals surface area (Å²) in [7, 11) is -3.68. The van der Waals surface area contributed by atoms with Crippen LogP contribution >= 0.6 is 22.9 Å². The van der Waals surface area contributed by atoms with Gasteiger partial charge in [0.1, 0.15) is 0 Å². The van der Waals surface area contributed by atoms with Crippen molar-refractivity contribution in [2.24, 2.45) is 0 Å². The maximum Gasteiger partial charge on any atom is 0.252 e. The van der Waals surface area contributed by atoms with Crippen LogP contribution in [-0.2, 0) is 14.8 Å². The van der Waals surface area contributed by atoms with Crippen LogP contribution in [0.5, 0.6) is 0 Å². The quantitative estimate of drug-likeness (QED) is 0.541. The zero-order valence-corrected chi connectivity index (χ0v) is 16.1. The van der Waals surface area contributed by atoms with E-state index in [2.05, 4.69) is 15.4 Å². The van der Waals surface area contributed by atoms with Gasteiger partial charge in [0.05, 0.1) is 4.90 Å². The highest BCUT2D eigenvalue weighted by molar-refractivity contribution is 7.89. The third kappa shape index (κ3) is 6.41. The van der Waals surface area contributed by atoms with E-state index in [1.54, 1.807) is 29.0 Å². The molecule has 3 N–H and O–H groups in total. The second-order valence-corrected chi connectivity index (χ2v) is 8.21. The Kier molecular flexibility index (Phi) is 7.58. The fourth-order valence-corrected chi connectivity index (χ4v) is 3.95. The molecule has 1 aromatic carbocycles. The number of rotatable bonds is 9. The third-order valence-electron chi connectivity index (χ3n) is 3.27. The maximum absolute atomic E-state index is 12.1. The van der Waals surface area contributed by atoms with E-state index < -0.39 is 10.0 Å². The summed E-state index contributed by atoms with van der Waals surface area (Å²) in [6.45, 7) is 0.383. The van der Waals surface area contributed by atoms with Crippen LogP contribution in [0.4, 0.5) is 0 Å². The van der Waals surface area contributed by atoms with Crippen molar-refractivity contribution in [3.63, 3.8) is 0 Å². The van der Waals surface area contributed by atoms with E-state index >= 15 is 0 Å². The summed E-state index contributed by atoms with van der Waals surface area (Å²) in [6.07, 6.45) is 0.108. The lowest BCUT2D eigenvalue weighted by atomic mass is 10.3. The molecule has 0 radical (unpaired) electrons. The Balaban J connectivity index is 1.64. The van der Waals surface area contributed by atoms with Crippen molar-refractivity contribution in [1.82, 2.24) is 15.4 Å². The number of hydrogen-bond donors (Lipinski definition) is 3. The van der Waals surface area contributed by atoms with E-state index in [1.807, 2.05) is 0 Å². The predicted molar refractivity (Wildman–Crippen MR) is 101 cm³/mol. The summed E-state index contributed by atoms with van der Waals surface area (Å²) in [6, 6.07) is 7.61. The third-order valence-corrected chi connectivity index (χ3v) is 5.64. The first kappa shape index (κ1) is 20.4. The Morgan fingerprint density at radius 1 is 1.08 bits per heavy atom. The van der Waals surface area contributed by atoms with E-state index in [9.17, 15) is 18.0 Å². The second kappa shape index (κ2) is 9.67. The topological polar surface area (TPSA) is 104 Å². The monoisotopic (exact) mass is 415 g/mol. The molecule has 2 aromatic rings. The van der Waals surface area contributed by atoms with E-state index in [0.29, 0.717) is 10.6 Å². The van der Waals surface area contributed by atoms with Crippen LogP contribution < -0.4 is 15.4 Å². The average molecular weight is 416 g/mol. The molecule has 0 fully saturated rings. The highest BCUT2D eigenvalue weighted by atomic mass is 35.5. The van der Waals surface area contributed by atoms with Gasteiger partial charge in [0.25, 0.3) is 5.91 Å². The molecule has 0 saturated heterocycles. The first-order chi connectivity index (χ1) is 12.4. The van der Waals surface area contributed by atoms with Crippen molar-refractivity contribution in [3.8, 4) is 0 Å². The van der Waals surface area contributed by atoms with Gasteiger partial charge in [-0.3, -0.25) is 9.59 Å². The minimum atomic E-state index is -3.68. The van der Waals surface area contributed by atoms with Gasteiger partial charge >= 0.3 is 0 Å². The average Bonchev–Trinajstić information content (AvgIpc) is 3.13. The zero-order valence-electron chi connectivity index (χ0n) is 13.7. The number of sulfonamides is 1. The molecule has 0 saturated carbocycles. The van der Waals surface area contributed by atoms with Crippen LogP contribution in [0.2, 0.25) is 5.02 Å². The summed E-state index contributed by atoms with van der Waals surface area (Å²) in [5.41, 5.74) is 0.561. The Morgan fingerprint density at radius 2 is 1.88 bits per heavy atom. The maximum atomic E-state index is 12.1. The molecular formula is C16H18ClN3O4S2. The lowest BCUT2D eigenvalue weighted by Crippen LogP contribution is -2.36. The normalized spacial score (nSPS) is 11.1. The number of thiophene rings is 1. The Bertz CT molecular complexity index is 854. The number of carbonyl (C=O) groups is 2. The molecule has 1 heterocycles. The molecule has 2 amide bonds. The van der Waals surface area contributed by atoms with E-state index in [-0.39, 0.29) is 42.8 Å². The number of carbonyl (C=O) groups excluding carboxylic acids is 2. The second-order valence-electron chi connectivity index (χ2n) is 5.22. The number of nitrogens with one attached hydrogen (secondary N) is 3. The lowest BCUT2D eigenvalue weighted by Gasteiger charge is -2.09. The summed E-state index contributed by atoms with van der Waals surface area (Å²) in [5.74, 6) is -0.508. The number of amides is 2. The van der Waals surface area contributed by atoms with Crippen LogP contribution in [-0.4, -0.2) is 39.9 Å². The molecule has 0 spiro atoms. The van der Waals surface area contributed by atoms with Crippen molar-refractivity contribution >= 4 is 44.8 Å². The van der Waals surface area contributed by atoms with Gasteiger partial charge in [0, 0.05) is 42.0 Å². The Labute approximate surface area is 160 Å². The first-order valence-electron chi connectivity index (χ1n) is 7.71. The molecule has 1 aromatic heterocycles. The largest absolute Gasteiger partial charge is 0.355 e. The summed E-state index contributed by atoms with van der Waals surface area (Å²) >= 11 is 7.20. The van der Waals surface area contributed by atoms with Crippen molar-refractivity contribution in [3.05, 3.63) is 51.7 Å². The van der Waals surface area contributed by atoms with Crippen molar-refractivity contribution in [2.75, 3.05) is 19.6 Å². The molecular weight excluding hydrogens is 398 g/mol. The van der Waals surface area contributed by atoms with Gasteiger partial charge in [-0.1, -0.05) is 17.7 Å². The van der Waals surface area contributed by atoms with Crippen LogP contribution in [0, 0.1) is 0 Å². The molecule has 0 aliphatic rings. The molecule has 26 heavy (non-hydrogen) atoms. The summed E-state index contributed by atoms with van der Waals surface area (Å²) in [5, 5.41) is 9.07. The van der Waals surface area contributed by atoms with Crippen molar-refractivity contribution in [1.29, 1.82) is 0 Å². The molecule has 0 bridgehead atoms. The highest BCUT2D eigenvalue weighted by Crippen LogP contribution is 2.14. The Morgan fingerprint density at radius 3 is 2.58 bits per heavy atom. The Hall–Kier alpha value is -1.94. The van der Waals surface area contributed by atoms with Gasteiger partial charge < -0.3 is 10.6 Å². The van der Waals surface area contributed by atoms with Gasteiger partial charge in [-0.05, 0) is 29.6 Å². The van der Waals surface area contributed by atoms with Crippen LogP contribution in [0.15, 0.2) is 46.0 Å². The zero-order chi connectivity index (χ0) is 19.0. The fraction of sp³-hybridized carbons (Fsp3) is 0.250. The van der Waals surface area contributed by atoms with Gasteiger partial charge in [0.15, 0.2) is 0 Å². The molecule has 7 nitrogen and oxygen atoms in total. The summed E-state index contributed by atoms with van der Waals surface area (Å²) in [4.78, 5) is 23.5. The molecule has 140 valence electrons. The highest BCUT2D eigenvalue weighted by Gasteiger charge is 2.13. The molecule has 0 atom stereocenters. The number of halogens is 1. The number of benzene rings is 1. The molecule has 0 aliphatic carbocycles. The van der Waals surface area contributed by atoms with E-state index in [0.717, 1.165) is 0 Å². The van der Waals surface area contributed by atoms with Crippen molar-refractivity contribution < 1.29 is 18.0 Å². The smallest absolute Gasteiger partial charge is 0.252 e. The van der Waals surface area contributed by atoms with Gasteiger partial charge in [-0.15, -0.1) is 0 Å². The minimum Gasteiger partial charge on any atom is -0.355 e. The van der Waals surface area contributed by atoms with Crippen LogP contribution in [0.3, 0.4) is 0 Å². The lowest BCUT2D eigenvalue weighted by molar-refractivity contribution is -0.120. The predicted octanol–water partition coefficient (Wildman–Crippen LogP) is 1.62. The molecule has 0 unspecified atom stereocenters. The van der Waals surface area contributed by atoms with Crippen LogP contribution in [0.25, 0.3) is 0 Å². The van der Waals surface area contributed by atoms with E-state index in [4.69, 9.17) is 11.6 Å². The first-order valence-corrected chi connectivity index (χ1v) is 10.5. The van der Waals surface area contributed by atoms with Gasteiger partial charge in [-0.25, -0.2) is 13.1 Å². The summed E-state index contributed by atoms with van der Waals surface area (Å²) < 4.78 is 26.5. The molecule has 2 rings (SSSR count). The van der Waals surface area contributed by atoms with Crippen LogP contribution in [0.1, 0.15) is 16.8 Å². The van der Waals surface area contributed by atoms with E-state index in [1.165, 1.54) is 23.5 Å². The minimum absolute atomic E-state index is 0.0435. The van der Waals surface area contributed by atoms with Crippen molar-refractivity contribution in [2.45, 2.75) is 11.3 Å². The molecule has 10 heteroatoms. The number of hydrogen-bond acceptors (Lipinski definition) is 5.